The molecule has 100 valence electrons. The number of thioether (sulfide) groups is 1. The van der Waals surface area contributed by atoms with Crippen molar-refractivity contribution in [2.24, 2.45) is 0 Å². The van der Waals surface area contributed by atoms with Crippen molar-refractivity contribution in [2.45, 2.75) is 24.0 Å². The van der Waals surface area contributed by atoms with Crippen molar-refractivity contribution in [3.8, 4) is 0 Å². The van der Waals surface area contributed by atoms with Gasteiger partial charge in [-0.15, -0.1) is 0 Å². The highest BCUT2D eigenvalue weighted by atomic mass is 35.5. The van der Waals surface area contributed by atoms with E-state index < -0.39 is 0 Å². The molecule has 1 heterocycles. The number of aromatic nitrogens is 1. The van der Waals surface area contributed by atoms with Crippen LogP contribution < -0.4 is 5.32 Å². The van der Waals surface area contributed by atoms with Crippen molar-refractivity contribution >= 4 is 40.0 Å². The second-order valence-corrected chi connectivity index (χ2v) is 6.82. The van der Waals surface area contributed by atoms with Gasteiger partial charge in [-0.25, -0.2) is 0 Å². The lowest BCUT2D eigenvalue weighted by atomic mass is 9.84. The molecule has 0 amide bonds. The molecule has 1 N–H and O–H groups in total. The minimum Gasteiger partial charge on any atom is -0.383 e. The third-order valence-electron chi connectivity index (χ3n) is 4.00. The topological polar surface area (TPSA) is 24.9 Å². The summed E-state index contributed by atoms with van der Waals surface area (Å²) in [7, 11) is 0. The molecule has 3 rings (SSSR count). The fourth-order valence-electron chi connectivity index (χ4n) is 2.56. The molecule has 0 unspecified atom stereocenters. The molecule has 1 fully saturated rings. The van der Waals surface area contributed by atoms with E-state index in [0.717, 1.165) is 28.2 Å². The van der Waals surface area contributed by atoms with Crippen LogP contribution in [0, 0.1) is 0 Å². The molecule has 0 aliphatic heterocycles. The maximum atomic E-state index is 6.01. The average Bonchev–Trinajstić information content (AvgIpc) is 2.37. The number of anilines is 1. The lowest BCUT2D eigenvalue weighted by Crippen LogP contribution is -2.40. The second kappa shape index (κ2) is 5.22. The van der Waals surface area contributed by atoms with Gasteiger partial charge in [-0.05, 0) is 43.4 Å². The molecule has 4 heteroatoms. The Kier molecular flexibility index (Phi) is 3.59. The smallest absolute Gasteiger partial charge is 0.0737 e. The van der Waals surface area contributed by atoms with Crippen LogP contribution in [0.15, 0.2) is 30.5 Å². The number of fused-ring (bicyclic) bond motifs is 1. The minimum absolute atomic E-state index is 0.433. The number of hydrogen-bond donors (Lipinski definition) is 1. The van der Waals surface area contributed by atoms with Gasteiger partial charge in [0.25, 0.3) is 0 Å². The highest BCUT2D eigenvalue weighted by molar-refractivity contribution is 8.00. The Hall–Kier alpha value is -0.930. The molecule has 1 aliphatic rings. The Morgan fingerprint density at radius 2 is 2.21 bits per heavy atom. The molecule has 0 spiro atoms. The Bertz CT molecular complexity index is 590. The number of pyridine rings is 1. The van der Waals surface area contributed by atoms with E-state index in [2.05, 4.69) is 16.6 Å². The minimum atomic E-state index is 0.433. The van der Waals surface area contributed by atoms with Gasteiger partial charge in [-0.2, -0.15) is 11.8 Å². The van der Waals surface area contributed by atoms with Gasteiger partial charge < -0.3 is 5.32 Å². The Balaban J connectivity index is 1.84. The lowest BCUT2D eigenvalue weighted by molar-refractivity contribution is 0.380. The van der Waals surface area contributed by atoms with Crippen LogP contribution in [-0.2, 0) is 0 Å². The standard InChI is InChI=1S/C15H17ClN2S/c1-19-15(6-2-7-15)10-18-13-5-8-17-14-9-11(16)3-4-12(13)14/h3-5,8-9H,2,6-7,10H2,1H3,(H,17,18). The van der Waals surface area contributed by atoms with Gasteiger partial charge in [0.2, 0.25) is 0 Å². The fraction of sp³-hybridized carbons (Fsp3) is 0.400. The van der Waals surface area contributed by atoms with Crippen molar-refractivity contribution in [1.29, 1.82) is 0 Å². The van der Waals surface area contributed by atoms with E-state index in [1.54, 1.807) is 0 Å². The lowest BCUT2D eigenvalue weighted by Gasteiger charge is -2.40. The van der Waals surface area contributed by atoms with Crippen LogP contribution in [0.5, 0.6) is 0 Å². The highest BCUT2D eigenvalue weighted by Gasteiger charge is 2.35. The van der Waals surface area contributed by atoms with Gasteiger partial charge in [-0.3, -0.25) is 4.98 Å². The predicted molar refractivity (Wildman–Crippen MR) is 85.3 cm³/mol. The summed E-state index contributed by atoms with van der Waals surface area (Å²) in [6.07, 6.45) is 8.04. The molecule has 2 nitrogen and oxygen atoms in total. The summed E-state index contributed by atoms with van der Waals surface area (Å²) in [5.74, 6) is 0. The molecular weight excluding hydrogens is 276 g/mol. The van der Waals surface area contributed by atoms with E-state index in [9.17, 15) is 0 Å². The summed E-state index contributed by atoms with van der Waals surface area (Å²) in [5.41, 5.74) is 2.10. The molecule has 0 atom stereocenters. The molecule has 1 aliphatic carbocycles. The van der Waals surface area contributed by atoms with Gasteiger partial charge in [0.15, 0.2) is 0 Å². The van der Waals surface area contributed by atoms with Crippen molar-refractivity contribution in [3.05, 3.63) is 35.5 Å². The largest absolute Gasteiger partial charge is 0.383 e. The summed E-state index contributed by atoms with van der Waals surface area (Å²) >= 11 is 8.00. The van der Waals surface area contributed by atoms with Gasteiger partial charge >= 0.3 is 0 Å². The zero-order valence-electron chi connectivity index (χ0n) is 10.9. The van der Waals surface area contributed by atoms with E-state index in [0.29, 0.717) is 4.75 Å². The first-order chi connectivity index (χ1) is 9.22. The number of rotatable bonds is 4. The molecule has 0 radical (unpaired) electrons. The number of nitrogens with one attached hydrogen (secondary N) is 1. The molecule has 2 aromatic rings. The SMILES string of the molecule is CSC1(CNc2ccnc3cc(Cl)ccc23)CCC1. The third-order valence-corrected chi connectivity index (χ3v) is 5.66. The molecule has 1 aromatic carbocycles. The maximum Gasteiger partial charge on any atom is 0.0737 e. The third kappa shape index (κ3) is 2.54. The average molecular weight is 293 g/mol. The number of hydrogen-bond acceptors (Lipinski definition) is 3. The normalized spacial score (nSPS) is 17.2. The van der Waals surface area contributed by atoms with Crippen LogP contribution in [0.2, 0.25) is 5.02 Å². The Labute approximate surface area is 122 Å². The second-order valence-electron chi connectivity index (χ2n) is 5.11. The van der Waals surface area contributed by atoms with Gasteiger partial charge in [0.1, 0.15) is 0 Å². The maximum absolute atomic E-state index is 6.01. The van der Waals surface area contributed by atoms with E-state index in [1.807, 2.05) is 42.2 Å². The van der Waals surface area contributed by atoms with Crippen molar-refractivity contribution in [2.75, 3.05) is 18.1 Å². The van der Waals surface area contributed by atoms with Gasteiger partial charge in [0.05, 0.1) is 5.52 Å². The molecule has 0 bridgehead atoms. The molecular formula is C15H17ClN2S. The summed E-state index contributed by atoms with van der Waals surface area (Å²) in [6, 6.07) is 7.92. The molecule has 1 saturated carbocycles. The molecule has 0 saturated heterocycles. The Morgan fingerprint density at radius 1 is 1.37 bits per heavy atom. The van der Waals surface area contributed by atoms with Crippen LogP contribution in [0.3, 0.4) is 0 Å². The summed E-state index contributed by atoms with van der Waals surface area (Å²) in [6.45, 7) is 1.02. The van der Waals surface area contributed by atoms with E-state index in [1.165, 1.54) is 19.3 Å². The van der Waals surface area contributed by atoms with Crippen LogP contribution in [-0.4, -0.2) is 22.5 Å². The number of benzene rings is 1. The Morgan fingerprint density at radius 3 is 2.89 bits per heavy atom. The first kappa shape index (κ1) is 13.1. The van der Waals surface area contributed by atoms with Crippen LogP contribution in [0.25, 0.3) is 10.9 Å². The van der Waals surface area contributed by atoms with Crippen molar-refractivity contribution < 1.29 is 0 Å². The van der Waals surface area contributed by atoms with Crippen LogP contribution in [0.1, 0.15) is 19.3 Å². The van der Waals surface area contributed by atoms with E-state index in [4.69, 9.17) is 11.6 Å². The quantitative estimate of drug-likeness (QED) is 0.892. The van der Waals surface area contributed by atoms with Crippen LogP contribution in [0.4, 0.5) is 5.69 Å². The van der Waals surface area contributed by atoms with E-state index >= 15 is 0 Å². The number of halogens is 1. The molecule has 19 heavy (non-hydrogen) atoms. The summed E-state index contributed by atoms with van der Waals surface area (Å²) in [4.78, 5) is 4.37. The van der Waals surface area contributed by atoms with Gasteiger partial charge in [-0.1, -0.05) is 18.0 Å². The fourth-order valence-corrected chi connectivity index (χ4v) is 3.64. The first-order valence-electron chi connectivity index (χ1n) is 6.56. The van der Waals surface area contributed by atoms with Crippen molar-refractivity contribution in [3.63, 3.8) is 0 Å². The number of nitrogens with zero attached hydrogens (tertiary/aromatic N) is 1. The zero-order valence-corrected chi connectivity index (χ0v) is 12.5. The summed E-state index contributed by atoms with van der Waals surface area (Å²) < 4.78 is 0.433. The summed E-state index contributed by atoms with van der Waals surface area (Å²) in [5, 5.41) is 5.47. The van der Waals surface area contributed by atoms with Crippen molar-refractivity contribution in [1.82, 2.24) is 4.98 Å². The van der Waals surface area contributed by atoms with Crippen LogP contribution >= 0.6 is 23.4 Å². The monoisotopic (exact) mass is 292 g/mol. The molecule has 1 aromatic heterocycles. The highest BCUT2D eigenvalue weighted by Crippen LogP contribution is 2.43. The first-order valence-corrected chi connectivity index (χ1v) is 8.16. The zero-order chi connectivity index (χ0) is 13.3. The van der Waals surface area contributed by atoms with Gasteiger partial charge in [0, 0.05) is 33.6 Å². The van der Waals surface area contributed by atoms with E-state index in [-0.39, 0.29) is 0 Å². The predicted octanol–water partition coefficient (Wildman–Crippen LogP) is 4.59.